The number of aromatic amines is 1. The monoisotopic (exact) mass is 2400 g/mol. The van der Waals surface area contributed by atoms with Gasteiger partial charge in [0, 0.05) is 120 Å². The lowest BCUT2D eigenvalue weighted by Gasteiger charge is -2.32. The van der Waals surface area contributed by atoms with Crippen molar-refractivity contribution in [2.75, 3.05) is 0 Å². The van der Waals surface area contributed by atoms with E-state index in [1.54, 1.807) is 24.3 Å². The number of furan rings is 5. The van der Waals surface area contributed by atoms with Gasteiger partial charge < -0.3 is 40.9 Å². The molecule has 0 amide bonds. The number of nitro groups is 2. The van der Waals surface area contributed by atoms with Gasteiger partial charge >= 0.3 is 7.12 Å². The number of fused-ring (bicyclic) bond motifs is 23. The van der Waals surface area contributed by atoms with Gasteiger partial charge in [-0.1, -0.05) is 343 Å². The third-order valence-electron chi connectivity index (χ3n) is 25.3. The molecule has 24 heteroatoms. The van der Waals surface area contributed by atoms with Crippen LogP contribution < -0.4 is 21.4 Å². The highest BCUT2D eigenvalue weighted by Gasteiger charge is 2.52. The first-order valence-electron chi connectivity index (χ1n) is 46.0. The summed E-state index contributed by atoms with van der Waals surface area (Å²) in [5, 5.41) is 41.8. The first-order valence-corrected chi connectivity index (χ1v) is 53.2. The fraction of sp³-hybridized carbons (Fsp3) is 0.0500. The van der Waals surface area contributed by atoms with Gasteiger partial charge in [-0.3, -0.25) is 20.2 Å². The molecule has 0 unspecified atom stereocenters. The van der Waals surface area contributed by atoms with Crippen molar-refractivity contribution in [2.24, 2.45) is 0 Å². The molecule has 1 aliphatic rings. The lowest BCUT2D eigenvalue weighted by molar-refractivity contribution is -0.385. The van der Waals surface area contributed by atoms with Crippen molar-refractivity contribution in [3.05, 3.63) is 475 Å². The minimum absolute atomic E-state index is 0.0485. The van der Waals surface area contributed by atoms with E-state index < -0.39 is 20.0 Å². The predicted molar refractivity (Wildman–Crippen MR) is 624 cm³/mol. The zero-order chi connectivity index (χ0) is 99.4. The van der Waals surface area contributed by atoms with Crippen LogP contribution in [-0.2, 0) is 9.31 Å². The molecule has 0 atom stereocenters. The number of H-pyrrole nitrogens is 1. The van der Waals surface area contributed by atoms with Crippen LogP contribution in [0.4, 0.5) is 11.4 Å². The summed E-state index contributed by atoms with van der Waals surface area (Å²) in [5.74, 6) is 0. The van der Waals surface area contributed by atoms with Crippen molar-refractivity contribution in [1.29, 1.82) is 0 Å². The van der Waals surface area contributed by atoms with Crippen LogP contribution in [0.3, 0.4) is 0 Å². The summed E-state index contributed by atoms with van der Waals surface area (Å²) in [6.07, 6.45) is 0. The van der Waals surface area contributed by atoms with Gasteiger partial charge in [-0.15, -0.1) is 0 Å². The van der Waals surface area contributed by atoms with E-state index >= 15 is 0 Å². The van der Waals surface area contributed by atoms with Crippen molar-refractivity contribution < 1.29 is 41.2 Å². The van der Waals surface area contributed by atoms with Crippen LogP contribution >= 0.6 is 126 Å². The number of hydrogen-bond acceptors (Lipinski definition) is 11. The molecule has 19 aromatic carbocycles. The first kappa shape index (κ1) is 98.0. The summed E-state index contributed by atoms with van der Waals surface area (Å²) in [6.45, 7) is 8.25. The molecule has 15 nitrogen and oxygen atoms in total. The number of para-hydroxylation sites is 9. The molecule has 144 heavy (non-hydrogen) atoms. The van der Waals surface area contributed by atoms with Crippen molar-refractivity contribution in [2.45, 2.75) is 38.9 Å². The first-order chi connectivity index (χ1) is 70.0. The van der Waals surface area contributed by atoms with E-state index in [1.165, 1.54) is 64.1 Å². The summed E-state index contributed by atoms with van der Waals surface area (Å²) in [7, 11) is -0.854. The third kappa shape index (κ3) is 20.4. The summed E-state index contributed by atoms with van der Waals surface area (Å²) >= 11 is 22.4. The molecule has 0 saturated carbocycles. The maximum Gasteiger partial charge on any atom is 0.498 e. The third-order valence-corrected chi connectivity index (χ3v) is 31.8. The Morgan fingerprint density at radius 2 is 0.681 bits per heavy atom. The number of nitrogens with one attached hydrogen (secondary N) is 1. The van der Waals surface area contributed by atoms with E-state index in [9.17, 15) is 20.2 Å². The van der Waals surface area contributed by atoms with Crippen molar-refractivity contribution in [3.63, 3.8) is 0 Å². The van der Waals surface area contributed by atoms with Crippen LogP contribution in [0.2, 0.25) is 0 Å². The van der Waals surface area contributed by atoms with Crippen LogP contribution in [-0.4, -0.2) is 37.7 Å². The van der Waals surface area contributed by atoms with Gasteiger partial charge in [-0.05, 0) is 239 Å². The van der Waals surface area contributed by atoms with E-state index in [1.807, 2.05) is 158 Å². The van der Waals surface area contributed by atoms with Gasteiger partial charge in [0.1, 0.15) is 55.8 Å². The second-order valence-corrected chi connectivity index (χ2v) is 43.7. The standard InChI is InChI=1S/C24H14BrNO.C18H19BO3.C18H10BrNO3.C18H10BrNO.C18H15P.C12H7BrO.C6H3Br2NO2.C6H5I/c25-15-10-11-19-21(14-15)26(16-6-2-1-3-7-16)20-13-12-18-17-8-4-5-9-22(17)27-24(18)23(19)20;1-17(2)18(3,4)22-19(21-17)14-10-7-9-13-12-8-5-6-11-15(12)20-16(13)14;19-11-8-9-12(16(10-11)20(21)22)14-5-3-6-15-13-4-1-2-7-17(13)23-18(14)15;19-10-5-6-13-15(9-10)20-14-8-7-12-11-3-1-2-4-16(11)21-18(12)17(13)14;1-4-10-16(11-5-1)19(17-12-6-2-7-13-17)18-14-8-3-9-15-18;13-10-6-3-5-9-8-4-1-2-7-11(8)14-12(9)10;7-4-1-2-5(8)6(3-4)9(10)11;7-6-4-2-1-3-5-6/h1-14H;5-11H,1-4H3;1-10H;1-9,20H;1-15H;1-7H;1-3H;1-5H. The summed E-state index contributed by atoms with van der Waals surface area (Å²) in [5.41, 5.74) is 16.1. The Morgan fingerprint density at radius 1 is 0.306 bits per heavy atom. The van der Waals surface area contributed by atoms with Crippen LogP contribution in [0.25, 0.3) is 170 Å². The van der Waals surface area contributed by atoms with Gasteiger partial charge in [0.15, 0.2) is 0 Å². The Morgan fingerprint density at radius 3 is 1.18 bits per heavy atom. The van der Waals surface area contributed by atoms with Crippen molar-refractivity contribution >= 4 is 319 Å². The minimum Gasteiger partial charge on any atom is -0.456 e. The average Bonchev–Trinajstić information content (AvgIpc) is 1.55. The lowest BCUT2D eigenvalue weighted by Crippen LogP contribution is -2.41. The van der Waals surface area contributed by atoms with E-state index in [2.05, 4.69) is 386 Å². The highest BCUT2D eigenvalue weighted by Crippen LogP contribution is 2.46. The van der Waals surface area contributed by atoms with E-state index in [0.717, 1.165) is 145 Å². The Balaban J connectivity index is 0.000000103. The molecule has 7 aromatic heterocycles. The highest BCUT2D eigenvalue weighted by molar-refractivity contribution is 14.1. The van der Waals surface area contributed by atoms with Gasteiger partial charge in [0.25, 0.3) is 11.4 Å². The van der Waals surface area contributed by atoms with Gasteiger partial charge in [-0.2, -0.15) is 0 Å². The average molecular weight is 2410 g/mol. The molecule has 706 valence electrons. The summed E-state index contributed by atoms with van der Waals surface area (Å²) < 4.78 is 51.2. The van der Waals surface area contributed by atoms with Gasteiger partial charge in [0.05, 0.1) is 62.9 Å². The van der Waals surface area contributed by atoms with E-state index in [-0.39, 0.29) is 27.5 Å². The molecule has 0 radical (unpaired) electrons. The minimum atomic E-state index is -0.446. The molecule has 1 aliphatic heterocycles. The SMILES string of the molecule is Brc1ccc2c(c1)[nH]c1ccc3c4ccccc4oc3c12.Brc1ccc2c3c4oc5ccccc5c4ccc3n(-c3ccccc3)c2c1.Brc1cccc2c1oc1ccccc12.CC1(C)OB(c2cccc3c2oc2ccccc23)OC1(C)C.Ic1ccccc1.O=[N+]([O-])c1cc(Br)ccc1-c1cccc2c1oc1ccccc12.O=[N+]([O-])c1cc(Br)ccc1Br.c1ccc(P(c2ccccc2)c2ccccc2)cc1. The van der Waals surface area contributed by atoms with Gasteiger partial charge in [-0.25, -0.2) is 0 Å². The largest absolute Gasteiger partial charge is 0.498 e. The number of nitro benzene ring substituents is 2. The second kappa shape index (κ2) is 42.9. The Labute approximate surface area is 892 Å². The Hall–Kier alpha value is -13.4. The Kier molecular flexibility index (Phi) is 29.2. The molecule has 8 heterocycles. The number of rotatable bonds is 8. The van der Waals surface area contributed by atoms with Crippen molar-refractivity contribution in [1.82, 2.24) is 9.55 Å². The number of aromatic nitrogens is 2. The molecular formula is C120H83BBr6IN4O11P. The topological polar surface area (TPSA) is 191 Å². The number of benzene rings is 19. The molecule has 1 fully saturated rings. The number of halogens is 7. The zero-order valence-electron chi connectivity index (χ0n) is 77.4. The smallest absolute Gasteiger partial charge is 0.456 e. The van der Waals surface area contributed by atoms with Crippen LogP contribution in [0.15, 0.2) is 474 Å². The van der Waals surface area contributed by atoms with E-state index in [0.29, 0.717) is 24.6 Å². The molecule has 26 aromatic rings. The quantitative estimate of drug-likeness (QED) is 0.0501. The van der Waals surface area contributed by atoms with Crippen molar-refractivity contribution in [3.8, 4) is 16.8 Å². The van der Waals surface area contributed by atoms with Crippen LogP contribution in [0.1, 0.15) is 27.7 Å². The number of nitrogens with zero attached hydrogens (tertiary/aromatic N) is 3. The normalized spacial score (nSPS) is 12.5. The zero-order valence-corrected chi connectivity index (χ0v) is 90.0. The highest BCUT2D eigenvalue weighted by atomic mass is 127. The van der Waals surface area contributed by atoms with Crippen LogP contribution in [0.5, 0.6) is 0 Å². The molecule has 27 rings (SSSR count). The fourth-order valence-electron chi connectivity index (χ4n) is 18.0. The molecule has 0 bridgehead atoms. The Bertz CT molecular complexity index is 9150. The summed E-state index contributed by atoms with van der Waals surface area (Å²) in [6, 6.07) is 143. The molecule has 0 aliphatic carbocycles. The second-order valence-electron chi connectivity index (χ2n) is 34.9. The molecular weight excluding hydrogens is 2320 g/mol. The summed E-state index contributed by atoms with van der Waals surface area (Å²) in [4.78, 5) is 24.4. The number of hydrogen-bond donors (Lipinski definition) is 1. The van der Waals surface area contributed by atoms with Gasteiger partial charge in [0.2, 0.25) is 0 Å². The predicted octanol–water partition coefficient (Wildman–Crippen LogP) is 36.4. The maximum atomic E-state index is 11.4. The molecule has 1 N–H and O–H groups in total. The molecule has 0 spiro atoms. The van der Waals surface area contributed by atoms with Crippen LogP contribution in [0, 0.1) is 23.8 Å². The maximum absolute atomic E-state index is 11.4. The lowest BCUT2D eigenvalue weighted by atomic mass is 9.78. The fourth-order valence-corrected chi connectivity index (χ4v) is 22.9. The molecule has 1 saturated heterocycles. The van der Waals surface area contributed by atoms with E-state index in [4.69, 9.17) is 31.4 Å².